The van der Waals surface area contributed by atoms with E-state index in [0.29, 0.717) is 19.2 Å². The standard InChI is InChI=1S/C19H30N4O.HI/c1-4-20-19(22-17-9-5-6-10-17)21-15-16-8-7-11-18(14-16)24-13-12-23(2)3;/h5-8,11,14,17H,4,9-10,12-13,15H2,1-3H3,(H2,20,21,22);1H. The Hall–Kier alpha value is -1.28. The van der Waals surface area contributed by atoms with E-state index in [1.807, 2.05) is 26.2 Å². The molecule has 0 unspecified atom stereocenters. The first-order valence-corrected chi connectivity index (χ1v) is 8.73. The molecule has 0 fully saturated rings. The maximum atomic E-state index is 5.79. The fourth-order valence-corrected chi connectivity index (χ4v) is 2.50. The highest BCUT2D eigenvalue weighted by atomic mass is 127. The lowest BCUT2D eigenvalue weighted by atomic mass is 10.2. The maximum Gasteiger partial charge on any atom is 0.191 e. The third-order valence-electron chi connectivity index (χ3n) is 3.82. The van der Waals surface area contributed by atoms with Crippen LogP contribution in [0.3, 0.4) is 0 Å². The van der Waals surface area contributed by atoms with Crippen molar-refractivity contribution in [2.45, 2.75) is 32.4 Å². The summed E-state index contributed by atoms with van der Waals surface area (Å²) in [6.45, 7) is 5.19. The SMILES string of the molecule is CCNC(=NCc1cccc(OCCN(C)C)c1)NC1CC=CC1.I. The highest BCUT2D eigenvalue weighted by Gasteiger charge is 2.11. The van der Waals surface area contributed by atoms with E-state index in [0.717, 1.165) is 43.2 Å². The van der Waals surface area contributed by atoms with Gasteiger partial charge in [-0.3, -0.25) is 0 Å². The van der Waals surface area contributed by atoms with Crippen molar-refractivity contribution in [3.63, 3.8) is 0 Å². The molecule has 0 amide bonds. The van der Waals surface area contributed by atoms with Gasteiger partial charge in [-0.15, -0.1) is 24.0 Å². The Morgan fingerprint density at radius 1 is 1.28 bits per heavy atom. The zero-order valence-electron chi connectivity index (χ0n) is 15.5. The predicted octanol–water partition coefficient (Wildman–Crippen LogP) is 3.02. The van der Waals surface area contributed by atoms with Crippen molar-refractivity contribution >= 4 is 29.9 Å². The molecular weight excluding hydrogens is 427 g/mol. The van der Waals surface area contributed by atoms with Gasteiger partial charge in [-0.1, -0.05) is 24.3 Å². The minimum absolute atomic E-state index is 0. The van der Waals surface area contributed by atoms with Gasteiger partial charge in [0.05, 0.1) is 6.54 Å². The van der Waals surface area contributed by atoms with E-state index in [1.165, 1.54) is 0 Å². The summed E-state index contributed by atoms with van der Waals surface area (Å²) in [7, 11) is 4.09. The molecule has 1 aromatic rings. The largest absolute Gasteiger partial charge is 0.492 e. The third-order valence-corrected chi connectivity index (χ3v) is 3.82. The molecule has 0 saturated carbocycles. The van der Waals surface area contributed by atoms with E-state index >= 15 is 0 Å². The molecule has 5 nitrogen and oxygen atoms in total. The number of likely N-dealkylation sites (N-methyl/N-ethyl adjacent to an activating group) is 1. The summed E-state index contributed by atoms with van der Waals surface area (Å²) in [6.07, 6.45) is 6.57. The van der Waals surface area contributed by atoms with Gasteiger partial charge in [-0.25, -0.2) is 4.99 Å². The van der Waals surface area contributed by atoms with Crippen LogP contribution < -0.4 is 15.4 Å². The van der Waals surface area contributed by atoms with E-state index in [1.54, 1.807) is 0 Å². The molecule has 6 heteroatoms. The molecule has 0 spiro atoms. The summed E-state index contributed by atoms with van der Waals surface area (Å²) in [5, 5.41) is 6.80. The number of ether oxygens (including phenoxy) is 1. The molecule has 2 N–H and O–H groups in total. The number of nitrogens with zero attached hydrogens (tertiary/aromatic N) is 2. The number of benzene rings is 1. The quantitative estimate of drug-likeness (QED) is 0.272. The molecule has 0 atom stereocenters. The van der Waals surface area contributed by atoms with Gasteiger partial charge in [-0.2, -0.15) is 0 Å². The van der Waals surface area contributed by atoms with Crippen LogP contribution in [0.4, 0.5) is 0 Å². The second kappa shape index (κ2) is 12.1. The molecule has 1 aromatic carbocycles. The number of guanidine groups is 1. The fraction of sp³-hybridized carbons (Fsp3) is 0.526. The van der Waals surface area contributed by atoms with Crippen molar-refractivity contribution in [1.82, 2.24) is 15.5 Å². The Morgan fingerprint density at radius 3 is 2.72 bits per heavy atom. The van der Waals surface area contributed by atoms with Crippen LogP contribution >= 0.6 is 24.0 Å². The monoisotopic (exact) mass is 458 g/mol. The number of hydrogen-bond acceptors (Lipinski definition) is 3. The van der Waals surface area contributed by atoms with Crippen molar-refractivity contribution in [2.75, 3.05) is 33.8 Å². The number of hydrogen-bond donors (Lipinski definition) is 2. The average molecular weight is 458 g/mol. The lowest BCUT2D eigenvalue weighted by Crippen LogP contribution is -2.42. The van der Waals surface area contributed by atoms with Crippen LogP contribution in [0.25, 0.3) is 0 Å². The molecule has 0 aliphatic heterocycles. The first kappa shape index (κ1) is 21.8. The Morgan fingerprint density at radius 2 is 2.04 bits per heavy atom. The van der Waals surface area contributed by atoms with E-state index in [4.69, 9.17) is 9.73 Å². The van der Waals surface area contributed by atoms with Crippen molar-refractivity contribution in [2.24, 2.45) is 4.99 Å². The van der Waals surface area contributed by atoms with Gasteiger partial charge < -0.3 is 20.3 Å². The molecule has 1 aliphatic rings. The van der Waals surface area contributed by atoms with Crippen LogP contribution in [0.5, 0.6) is 5.75 Å². The molecule has 0 heterocycles. The van der Waals surface area contributed by atoms with E-state index < -0.39 is 0 Å². The van der Waals surface area contributed by atoms with Crippen molar-refractivity contribution in [3.8, 4) is 5.75 Å². The summed E-state index contributed by atoms with van der Waals surface area (Å²) in [4.78, 5) is 6.81. The van der Waals surface area contributed by atoms with Gasteiger partial charge in [0.15, 0.2) is 5.96 Å². The van der Waals surface area contributed by atoms with Crippen molar-refractivity contribution in [1.29, 1.82) is 0 Å². The third kappa shape index (κ3) is 8.58. The van der Waals surface area contributed by atoms with Gasteiger partial charge in [0.25, 0.3) is 0 Å². The van der Waals surface area contributed by atoms with E-state index in [2.05, 4.69) is 46.7 Å². The number of nitrogens with one attached hydrogen (secondary N) is 2. The van der Waals surface area contributed by atoms with Crippen LogP contribution in [0.2, 0.25) is 0 Å². The smallest absolute Gasteiger partial charge is 0.191 e. The Balaban J connectivity index is 0.00000312. The Bertz CT molecular complexity index is 552. The number of aliphatic imine (C=N–C) groups is 1. The van der Waals surface area contributed by atoms with Crippen LogP contribution in [0.1, 0.15) is 25.3 Å². The summed E-state index contributed by atoms with van der Waals surface area (Å²) in [5.74, 6) is 1.78. The molecule has 2 rings (SSSR count). The van der Waals surface area contributed by atoms with Crippen LogP contribution in [-0.2, 0) is 6.54 Å². The number of halogens is 1. The summed E-state index contributed by atoms with van der Waals surface area (Å²) >= 11 is 0. The molecule has 1 aliphatic carbocycles. The normalized spacial score (nSPS) is 14.5. The molecule has 0 bridgehead atoms. The van der Waals surface area contributed by atoms with Crippen LogP contribution in [-0.4, -0.2) is 50.7 Å². The minimum atomic E-state index is 0. The molecule has 140 valence electrons. The van der Waals surface area contributed by atoms with Gasteiger partial charge in [-0.05, 0) is 51.6 Å². The lowest BCUT2D eigenvalue weighted by molar-refractivity contribution is 0.261. The average Bonchev–Trinajstić information content (AvgIpc) is 3.06. The number of rotatable bonds is 8. The molecule has 0 aromatic heterocycles. The zero-order valence-corrected chi connectivity index (χ0v) is 17.8. The highest BCUT2D eigenvalue weighted by molar-refractivity contribution is 14.0. The van der Waals surface area contributed by atoms with Crippen molar-refractivity contribution in [3.05, 3.63) is 42.0 Å². The molecule has 0 radical (unpaired) electrons. The highest BCUT2D eigenvalue weighted by Crippen LogP contribution is 2.14. The zero-order chi connectivity index (χ0) is 17.2. The van der Waals surface area contributed by atoms with Gasteiger partial charge in [0.1, 0.15) is 12.4 Å². The first-order valence-electron chi connectivity index (χ1n) is 8.73. The Kier molecular flexibility index (Phi) is 10.6. The minimum Gasteiger partial charge on any atom is -0.492 e. The van der Waals surface area contributed by atoms with E-state index in [9.17, 15) is 0 Å². The predicted molar refractivity (Wildman–Crippen MR) is 116 cm³/mol. The molecule has 25 heavy (non-hydrogen) atoms. The second-order valence-electron chi connectivity index (χ2n) is 6.28. The van der Waals surface area contributed by atoms with Crippen LogP contribution in [0, 0.1) is 0 Å². The summed E-state index contributed by atoms with van der Waals surface area (Å²) < 4.78 is 5.79. The van der Waals surface area contributed by atoms with Gasteiger partial charge in [0.2, 0.25) is 0 Å². The Labute approximate surface area is 168 Å². The van der Waals surface area contributed by atoms with Crippen molar-refractivity contribution < 1.29 is 4.74 Å². The lowest BCUT2D eigenvalue weighted by Gasteiger charge is -2.16. The topological polar surface area (TPSA) is 48.9 Å². The first-order chi connectivity index (χ1) is 11.7. The summed E-state index contributed by atoms with van der Waals surface area (Å²) in [5.41, 5.74) is 1.15. The second-order valence-corrected chi connectivity index (χ2v) is 6.28. The van der Waals surface area contributed by atoms with Gasteiger partial charge >= 0.3 is 0 Å². The van der Waals surface area contributed by atoms with Gasteiger partial charge in [0, 0.05) is 19.1 Å². The molecule has 0 saturated heterocycles. The van der Waals surface area contributed by atoms with E-state index in [-0.39, 0.29) is 24.0 Å². The molecular formula is C19H31IN4O. The summed E-state index contributed by atoms with van der Waals surface area (Å²) in [6, 6.07) is 8.64. The fourth-order valence-electron chi connectivity index (χ4n) is 2.50. The van der Waals surface area contributed by atoms with Crippen LogP contribution in [0.15, 0.2) is 41.4 Å². The maximum absolute atomic E-state index is 5.79.